The Morgan fingerprint density at radius 2 is 1.76 bits per heavy atom. The maximum absolute atomic E-state index is 13.9. The minimum atomic E-state index is -0.616. The quantitative estimate of drug-likeness (QED) is 0.353. The first kappa shape index (κ1) is 24.6. The standard InChI is InChI=1S/C31H33N3O3/c1-20(2)16-28(30(35)32-18-21-10-9-11-22(17-21)37-4)34-29(24-13-5-6-14-25(24)31(34)36)26-19-33(3)27-15-8-7-12-23(26)27/h5-15,17,19-20,28-29H,16,18H2,1-4H3,(H,32,35). The molecular weight excluding hydrogens is 462 g/mol. The van der Waals surface area contributed by atoms with Gasteiger partial charge >= 0.3 is 0 Å². The normalized spacial score (nSPS) is 15.8. The van der Waals surface area contributed by atoms with Gasteiger partial charge in [0, 0.05) is 41.8 Å². The number of nitrogens with one attached hydrogen (secondary N) is 1. The first-order valence-electron chi connectivity index (χ1n) is 12.7. The molecule has 6 nitrogen and oxygen atoms in total. The van der Waals surface area contributed by atoms with E-state index >= 15 is 0 Å². The molecule has 1 N–H and O–H groups in total. The van der Waals surface area contributed by atoms with E-state index in [1.807, 2.05) is 72.6 Å². The van der Waals surface area contributed by atoms with Gasteiger partial charge in [-0.3, -0.25) is 9.59 Å². The average Bonchev–Trinajstić information content (AvgIpc) is 3.39. The molecule has 1 aromatic heterocycles. The van der Waals surface area contributed by atoms with Crippen molar-refractivity contribution in [3.8, 4) is 5.75 Å². The second-order valence-corrected chi connectivity index (χ2v) is 10.1. The van der Waals surface area contributed by atoms with E-state index in [2.05, 4.69) is 42.1 Å². The maximum Gasteiger partial charge on any atom is 0.255 e. The van der Waals surface area contributed by atoms with Crippen LogP contribution in [0.4, 0.5) is 0 Å². The highest BCUT2D eigenvalue weighted by atomic mass is 16.5. The number of hydrogen-bond acceptors (Lipinski definition) is 3. The van der Waals surface area contributed by atoms with Gasteiger partial charge in [-0.1, -0.05) is 62.4 Å². The Kier molecular flexibility index (Phi) is 6.74. The summed E-state index contributed by atoms with van der Waals surface area (Å²) in [7, 11) is 3.64. The number of methoxy groups -OCH3 is 1. The number of aryl methyl sites for hydroxylation is 1. The van der Waals surface area contributed by atoms with E-state index in [9.17, 15) is 9.59 Å². The third-order valence-electron chi connectivity index (χ3n) is 7.15. The molecule has 0 radical (unpaired) electrons. The van der Waals surface area contributed by atoms with E-state index in [0.29, 0.717) is 18.5 Å². The van der Waals surface area contributed by atoms with Crippen LogP contribution in [0.15, 0.2) is 79.0 Å². The lowest BCUT2D eigenvalue weighted by Gasteiger charge is -2.34. The molecule has 37 heavy (non-hydrogen) atoms. The van der Waals surface area contributed by atoms with Crippen molar-refractivity contribution in [3.05, 3.63) is 101 Å². The van der Waals surface area contributed by atoms with Crippen LogP contribution in [-0.4, -0.2) is 34.4 Å². The van der Waals surface area contributed by atoms with Crippen LogP contribution in [0.5, 0.6) is 5.75 Å². The summed E-state index contributed by atoms with van der Waals surface area (Å²) in [5.41, 5.74) is 4.67. The van der Waals surface area contributed by atoms with Crippen LogP contribution in [0, 0.1) is 5.92 Å². The predicted octanol–water partition coefficient (Wildman–Crippen LogP) is 5.46. The molecule has 2 atom stereocenters. The van der Waals surface area contributed by atoms with Gasteiger partial charge in [0.15, 0.2) is 0 Å². The molecule has 6 heteroatoms. The first-order chi connectivity index (χ1) is 17.9. The zero-order chi connectivity index (χ0) is 26.1. The molecular formula is C31H33N3O3. The van der Waals surface area contributed by atoms with E-state index in [0.717, 1.165) is 33.3 Å². The molecule has 0 spiro atoms. The van der Waals surface area contributed by atoms with Crippen LogP contribution in [0.3, 0.4) is 0 Å². The van der Waals surface area contributed by atoms with Gasteiger partial charge in [0.25, 0.3) is 5.91 Å². The maximum atomic E-state index is 13.9. The summed E-state index contributed by atoms with van der Waals surface area (Å²) in [6.07, 6.45) is 2.66. The van der Waals surface area contributed by atoms with Crippen molar-refractivity contribution in [2.24, 2.45) is 13.0 Å². The molecule has 0 bridgehead atoms. The highest BCUT2D eigenvalue weighted by Gasteiger charge is 2.44. The Bertz CT molecular complexity index is 1460. The molecule has 1 aliphatic heterocycles. The molecule has 0 saturated heterocycles. The fraction of sp³-hybridized carbons (Fsp3) is 0.290. The fourth-order valence-corrected chi connectivity index (χ4v) is 5.45. The van der Waals surface area contributed by atoms with Crippen LogP contribution in [0.2, 0.25) is 0 Å². The number of fused-ring (bicyclic) bond motifs is 2. The molecule has 2 amide bonds. The second-order valence-electron chi connectivity index (χ2n) is 10.1. The van der Waals surface area contributed by atoms with Gasteiger partial charge < -0.3 is 19.5 Å². The Morgan fingerprint density at radius 1 is 1.00 bits per heavy atom. The van der Waals surface area contributed by atoms with Crippen molar-refractivity contribution in [1.82, 2.24) is 14.8 Å². The number of amides is 2. The SMILES string of the molecule is COc1cccc(CNC(=O)C(CC(C)C)N2C(=O)c3ccccc3C2c2cn(C)c3ccccc23)c1. The summed E-state index contributed by atoms with van der Waals surface area (Å²) >= 11 is 0. The largest absolute Gasteiger partial charge is 0.497 e. The summed E-state index contributed by atoms with van der Waals surface area (Å²) in [5.74, 6) is 0.711. The lowest BCUT2D eigenvalue weighted by Crippen LogP contribution is -2.49. The molecule has 0 aliphatic carbocycles. The molecule has 4 aromatic rings. The molecule has 2 unspecified atom stereocenters. The van der Waals surface area contributed by atoms with Gasteiger partial charge in [0.1, 0.15) is 11.8 Å². The number of para-hydroxylation sites is 1. The number of ether oxygens (including phenoxy) is 1. The topological polar surface area (TPSA) is 63.6 Å². The Morgan fingerprint density at radius 3 is 2.54 bits per heavy atom. The van der Waals surface area contributed by atoms with Crippen molar-refractivity contribution >= 4 is 22.7 Å². The van der Waals surface area contributed by atoms with Crippen LogP contribution < -0.4 is 10.1 Å². The van der Waals surface area contributed by atoms with Crippen LogP contribution in [-0.2, 0) is 18.4 Å². The van der Waals surface area contributed by atoms with Crippen molar-refractivity contribution in [3.63, 3.8) is 0 Å². The van der Waals surface area contributed by atoms with Gasteiger partial charge in [-0.05, 0) is 47.7 Å². The van der Waals surface area contributed by atoms with E-state index in [-0.39, 0.29) is 23.8 Å². The lowest BCUT2D eigenvalue weighted by atomic mass is 9.95. The highest BCUT2D eigenvalue weighted by molar-refractivity contribution is 6.03. The van der Waals surface area contributed by atoms with Crippen LogP contribution >= 0.6 is 0 Å². The van der Waals surface area contributed by atoms with Gasteiger partial charge in [0.2, 0.25) is 5.91 Å². The van der Waals surface area contributed by atoms with Gasteiger partial charge in [-0.15, -0.1) is 0 Å². The average molecular weight is 496 g/mol. The number of benzene rings is 3. The zero-order valence-corrected chi connectivity index (χ0v) is 21.8. The van der Waals surface area contributed by atoms with E-state index in [1.54, 1.807) is 7.11 Å². The smallest absolute Gasteiger partial charge is 0.255 e. The van der Waals surface area contributed by atoms with Crippen molar-refractivity contribution in [2.75, 3.05) is 7.11 Å². The van der Waals surface area contributed by atoms with E-state index < -0.39 is 6.04 Å². The monoisotopic (exact) mass is 495 g/mol. The summed E-state index contributed by atoms with van der Waals surface area (Å²) < 4.78 is 7.42. The Balaban J connectivity index is 1.55. The number of carbonyl (C=O) groups is 2. The van der Waals surface area contributed by atoms with E-state index in [4.69, 9.17) is 4.74 Å². The molecule has 2 heterocycles. The second kappa shape index (κ2) is 10.1. The number of nitrogens with zero attached hydrogens (tertiary/aromatic N) is 2. The molecule has 5 rings (SSSR count). The third-order valence-corrected chi connectivity index (χ3v) is 7.15. The predicted molar refractivity (Wildman–Crippen MR) is 145 cm³/mol. The van der Waals surface area contributed by atoms with Crippen molar-refractivity contribution < 1.29 is 14.3 Å². The summed E-state index contributed by atoms with van der Waals surface area (Å²) in [4.78, 5) is 29.5. The summed E-state index contributed by atoms with van der Waals surface area (Å²) in [6.45, 7) is 4.53. The van der Waals surface area contributed by atoms with Gasteiger partial charge in [-0.25, -0.2) is 0 Å². The Hall–Kier alpha value is -4.06. The van der Waals surface area contributed by atoms with Crippen LogP contribution in [0.25, 0.3) is 10.9 Å². The highest BCUT2D eigenvalue weighted by Crippen LogP contribution is 2.43. The number of hydrogen-bond donors (Lipinski definition) is 1. The fourth-order valence-electron chi connectivity index (χ4n) is 5.45. The van der Waals surface area contributed by atoms with Crippen LogP contribution in [0.1, 0.15) is 53.4 Å². The number of carbonyl (C=O) groups excluding carboxylic acids is 2. The summed E-state index contributed by atoms with van der Waals surface area (Å²) in [6, 6.07) is 22.6. The minimum Gasteiger partial charge on any atom is -0.497 e. The first-order valence-corrected chi connectivity index (χ1v) is 12.7. The molecule has 3 aromatic carbocycles. The van der Waals surface area contributed by atoms with E-state index in [1.165, 1.54) is 0 Å². The van der Waals surface area contributed by atoms with Gasteiger partial charge in [0.05, 0.1) is 13.2 Å². The Labute approximate surface area is 217 Å². The third kappa shape index (κ3) is 4.59. The van der Waals surface area contributed by atoms with Crippen molar-refractivity contribution in [2.45, 2.75) is 38.9 Å². The van der Waals surface area contributed by atoms with Gasteiger partial charge in [-0.2, -0.15) is 0 Å². The molecule has 0 fully saturated rings. The molecule has 0 saturated carbocycles. The molecule has 190 valence electrons. The van der Waals surface area contributed by atoms with Crippen molar-refractivity contribution in [1.29, 1.82) is 0 Å². The number of aromatic nitrogens is 1. The molecule has 1 aliphatic rings. The number of rotatable bonds is 8. The lowest BCUT2D eigenvalue weighted by molar-refractivity contribution is -0.126. The minimum absolute atomic E-state index is 0.101. The zero-order valence-electron chi connectivity index (χ0n) is 21.8. The summed E-state index contributed by atoms with van der Waals surface area (Å²) in [5, 5.41) is 4.19.